The minimum atomic E-state index is 0.426. The second-order valence-corrected chi connectivity index (χ2v) is 5.96. The fourth-order valence-corrected chi connectivity index (χ4v) is 3.96. The highest BCUT2D eigenvalue weighted by molar-refractivity contribution is 7.99. The standard InChI is InChI=1S/C11H22N2S/c1-8-9(2)13(5-3-11(8)12)10-4-6-14-7-10/h8-11H,3-7,12H2,1-2H3. The van der Waals surface area contributed by atoms with Crippen LogP contribution in [-0.4, -0.2) is 41.1 Å². The summed E-state index contributed by atoms with van der Waals surface area (Å²) in [5.41, 5.74) is 6.10. The molecule has 14 heavy (non-hydrogen) atoms. The normalized spacial score (nSPS) is 45.6. The van der Waals surface area contributed by atoms with Gasteiger partial charge in [-0.05, 0) is 31.4 Å². The zero-order valence-corrected chi connectivity index (χ0v) is 10.1. The topological polar surface area (TPSA) is 29.3 Å². The largest absolute Gasteiger partial charge is 0.327 e. The molecule has 2 rings (SSSR count). The van der Waals surface area contributed by atoms with E-state index in [0.717, 1.165) is 6.04 Å². The van der Waals surface area contributed by atoms with Crippen LogP contribution in [0.25, 0.3) is 0 Å². The van der Waals surface area contributed by atoms with E-state index < -0.39 is 0 Å². The molecular formula is C11H22N2S. The summed E-state index contributed by atoms with van der Waals surface area (Å²) in [6.07, 6.45) is 2.57. The molecule has 0 spiro atoms. The fourth-order valence-electron chi connectivity index (χ4n) is 2.72. The first-order chi connectivity index (χ1) is 6.70. The first kappa shape index (κ1) is 10.8. The smallest absolute Gasteiger partial charge is 0.0197 e. The molecule has 0 saturated carbocycles. The molecule has 0 aromatic carbocycles. The van der Waals surface area contributed by atoms with E-state index in [1.54, 1.807) is 0 Å². The highest BCUT2D eigenvalue weighted by atomic mass is 32.2. The number of rotatable bonds is 1. The molecule has 0 radical (unpaired) electrons. The zero-order valence-electron chi connectivity index (χ0n) is 9.28. The minimum Gasteiger partial charge on any atom is -0.327 e. The van der Waals surface area contributed by atoms with Crippen LogP contribution in [0, 0.1) is 5.92 Å². The lowest BCUT2D eigenvalue weighted by atomic mass is 9.86. The van der Waals surface area contributed by atoms with Crippen molar-refractivity contribution in [3.63, 3.8) is 0 Å². The molecule has 0 aromatic heterocycles. The molecule has 3 heteroatoms. The van der Waals surface area contributed by atoms with Crippen LogP contribution < -0.4 is 5.73 Å². The highest BCUT2D eigenvalue weighted by Crippen LogP contribution is 2.30. The van der Waals surface area contributed by atoms with Crippen molar-refractivity contribution in [2.24, 2.45) is 11.7 Å². The van der Waals surface area contributed by atoms with Crippen molar-refractivity contribution in [2.75, 3.05) is 18.1 Å². The molecule has 2 aliphatic rings. The fraction of sp³-hybridized carbons (Fsp3) is 1.00. The SMILES string of the molecule is CC1C(N)CCN(C2CCSC2)C1C. The summed E-state index contributed by atoms with van der Waals surface area (Å²) in [5, 5.41) is 0. The van der Waals surface area contributed by atoms with Crippen molar-refractivity contribution in [1.29, 1.82) is 0 Å². The molecule has 0 aromatic rings. The van der Waals surface area contributed by atoms with Gasteiger partial charge in [0.2, 0.25) is 0 Å². The number of nitrogens with zero attached hydrogens (tertiary/aromatic N) is 1. The van der Waals surface area contributed by atoms with Gasteiger partial charge in [-0.25, -0.2) is 0 Å². The third kappa shape index (κ3) is 1.95. The van der Waals surface area contributed by atoms with Gasteiger partial charge in [0.1, 0.15) is 0 Å². The Balaban J connectivity index is 1.98. The summed E-state index contributed by atoms with van der Waals surface area (Å²) in [7, 11) is 0. The summed E-state index contributed by atoms with van der Waals surface area (Å²) in [5.74, 6) is 3.36. The summed E-state index contributed by atoms with van der Waals surface area (Å²) in [6.45, 7) is 5.88. The van der Waals surface area contributed by atoms with Crippen LogP contribution in [0.5, 0.6) is 0 Å². The van der Waals surface area contributed by atoms with E-state index in [4.69, 9.17) is 5.73 Å². The number of nitrogens with two attached hydrogens (primary N) is 1. The predicted octanol–water partition coefficient (Wildman–Crippen LogP) is 1.55. The Morgan fingerprint density at radius 3 is 2.71 bits per heavy atom. The summed E-state index contributed by atoms with van der Waals surface area (Å²) < 4.78 is 0. The van der Waals surface area contributed by atoms with Gasteiger partial charge in [-0.1, -0.05) is 6.92 Å². The molecule has 2 fully saturated rings. The number of thioether (sulfide) groups is 1. The van der Waals surface area contributed by atoms with Crippen LogP contribution in [0.3, 0.4) is 0 Å². The predicted molar refractivity (Wildman–Crippen MR) is 63.7 cm³/mol. The van der Waals surface area contributed by atoms with Crippen LogP contribution in [0.4, 0.5) is 0 Å². The second kappa shape index (κ2) is 4.42. The van der Waals surface area contributed by atoms with Crippen LogP contribution in [0.1, 0.15) is 26.7 Å². The van der Waals surface area contributed by atoms with Crippen molar-refractivity contribution in [3.8, 4) is 0 Å². The van der Waals surface area contributed by atoms with Crippen molar-refractivity contribution in [2.45, 2.75) is 44.8 Å². The van der Waals surface area contributed by atoms with Gasteiger partial charge in [0.05, 0.1) is 0 Å². The van der Waals surface area contributed by atoms with E-state index in [1.165, 1.54) is 30.9 Å². The molecule has 2 N–H and O–H groups in total. The maximum Gasteiger partial charge on any atom is 0.0197 e. The molecule has 0 aliphatic carbocycles. The zero-order chi connectivity index (χ0) is 10.1. The van der Waals surface area contributed by atoms with E-state index in [1.807, 2.05) is 0 Å². The number of hydrogen-bond acceptors (Lipinski definition) is 3. The quantitative estimate of drug-likeness (QED) is 0.718. The molecular weight excluding hydrogens is 192 g/mol. The third-order valence-corrected chi connectivity index (χ3v) is 5.20. The summed E-state index contributed by atoms with van der Waals surface area (Å²) in [4.78, 5) is 2.70. The van der Waals surface area contributed by atoms with Gasteiger partial charge in [-0.15, -0.1) is 0 Å². The summed E-state index contributed by atoms with van der Waals surface area (Å²) >= 11 is 2.11. The molecule has 0 bridgehead atoms. The maximum absolute atomic E-state index is 6.10. The lowest BCUT2D eigenvalue weighted by molar-refractivity contribution is 0.0658. The van der Waals surface area contributed by atoms with E-state index in [2.05, 4.69) is 30.5 Å². The molecule has 2 heterocycles. The highest BCUT2D eigenvalue weighted by Gasteiger charge is 2.35. The van der Waals surface area contributed by atoms with E-state index in [-0.39, 0.29) is 0 Å². The number of likely N-dealkylation sites (tertiary alicyclic amines) is 1. The number of hydrogen-bond donors (Lipinski definition) is 1. The Hall–Kier alpha value is 0.270. The molecule has 2 saturated heterocycles. The Labute approximate surface area is 91.6 Å². The second-order valence-electron chi connectivity index (χ2n) is 4.81. The molecule has 2 nitrogen and oxygen atoms in total. The first-order valence-corrected chi connectivity index (χ1v) is 6.94. The van der Waals surface area contributed by atoms with Crippen molar-refractivity contribution < 1.29 is 0 Å². The van der Waals surface area contributed by atoms with Crippen LogP contribution in [0.2, 0.25) is 0 Å². The van der Waals surface area contributed by atoms with Gasteiger partial charge in [0, 0.05) is 30.4 Å². The first-order valence-electron chi connectivity index (χ1n) is 5.79. The van der Waals surface area contributed by atoms with Crippen LogP contribution >= 0.6 is 11.8 Å². The Morgan fingerprint density at radius 1 is 1.29 bits per heavy atom. The maximum atomic E-state index is 6.10. The average molecular weight is 214 g/mol. The van der Waals surface area contributed by atoms with Crippen LogP contribution in [-0.2, 0) is 0 Å². The monoisotopic (exact) mass is 214 g/mol. The van der Waals surface area contributed by atoms with Gasteiger partial charge in [0.15, 0.2) is 0 Å². The Morgan fingerprint density at radius 2 is 2.07 bits per heavy atom. The lowest BCUT2D eigenvalue weighted by Gasteiger charge is -2.44. The third-order valence-electron chi connectivity index (χ3n) is 4.05. The van der Waals surface area contributed by atoms with E-state index in [9.17, 15) is 0 Å². The van der Waals surface area contributed by atoms with Gasteiger partial charge < -0.3 is 5.73 Å². The van der Waals surface area contributed by atoms with Gasteiger partial charge in [0.25, 0.3) is 0 Å². The molecule has 4 atom stereocenters. The lowest BCUT2D eigenvalue weighted by Crippen LogP contribution is -2.55. The van der Waals surface area contributed by atoms with Gasteiger partial charge >= 0.3 is 0 Å². The van der Waals surface area contributed by atoms with Crippen molar-refractivity contribution in [3.05, 3.63) is 0 Å². The number of piperidine rings is 1. The average Bonchev–Trinajstić information content (AvgIpc) is 2.67. The summed E-state index contributed by atoms with van der Waals surface area (Å²) in [6, 6.07) is 1.95. The van der Waals surface area contributed by atoms with Crippen LogP contribution in [0.15, 0.2) is 0 Å². The van der Waals surface area contributed by atoms with Crippen molar-refractivity contribution >= 4 is 11.8 Å². The minimum absolute atomic E-state index is 0.426. The van der Waals surface area contributed by atoms with Crippen molar-refractivity contribution in [1.82, 2.24) is 4.90 Å². The molecule has 2 aliphatic heterocycles. The van der Waals surface area contributed by atoms with Gasteiger partial charge in [-0.3, -0.25) is 4.90 Å². The van der Waals surface area contributed by atoms with E-state index in [0.29, 0.717) is 18.0 Å². The van der Waals surface area contributed by atoms with Gasteiger partial charge in [-0.2, -0.15) is 11.8 Å². The Kier molecular flexibility index (Phi) is 3.40. The van der Waals surface area contributed by atoms with E-state index >= 15 is 0 Å². The molecule has 4 unspecified atom stereocenters. The Bertz CT molecular complexity index is 192. The molecule has 82 valence electrons. The molecule has 0 amide bonds.